The second-order valence-corrected chi connectivity index (χ2v) is 6.76. The van der Waals surface area contributed by atoms with Gasteiger partial charge in [-0.2, -0.15) is 0 Å². The van der Waals surface area contributed by atoms with Crippen molar-refractivity contribution in [2.45, 2.75) is 20.0 Å². The first-order valence-electron chi connectivity index (χ1n) is 9.41. The SMILES string of the molecule is Cc1cnc(COc2cccc(CCNc3ncnc4ccc(N)cc34)c2)cn1. The van der Waals surface area contributed by atoms with E-state index in [4.69, 9.17) is 10.5 Å². The molecule has 0 radical (unpaired) electrons. The average Bonchev–Trinajstić information content (AvgIpc) is 2.74. The van der Waals surface area contributed by atoms with Crippen molar-refractivity contribution in [2.75, 3.05) is 17.6 Å². The second-order valence-electron chi connectivity index (χ2n) is 6.76. The quantitative estimate of drug-likeness (QED) is 0.469. The lowest BCUT2D eigenvalue weighted by molar-refractivity contribution is 0.300. The third-order valence-corrected chi connectivity index (χ3v) is 4.49. The number of nitrogen functional groups attached to an aromatic ring is 1. The van der Waals surface area contributed by atoms with Crippen LogP contribution in [-0.4, -0.2) is 26.5 Å². The Hall–Kier alpha value is -3.74. The highest BCUT2D eigenvalue weighted by molar-refractivity contribution is 5.91. The summed E-state index contributed by atoms with van der Waals surface area (Å²) in [6.07, 6.45) is 5.87. The molecule has 0 unspecified atom stereocenters. The summed E-state index contributed by atoms with van der Waals surface area (Å²) in [4.78, 5) is 17.2. The van der Waals surface area contributed by atoms with E-state index < -0.39 is 0 Å². The minimum absolute atomic E-state index is 0.392. The number of aryl methyl sites for hydroxylation is 1. The van der Waals surface area contributed by atoms with E-state index in [9.17, 15) is 0 Å². The van der Waals surface area contributed by atoms with Crippen LogP contribution >= 0.6 is 0 Å². The fraction of sp³-hybridized carbons (Fsp3) is 0.182. The number of nitrogens with one attached hydrogen (secondary N) is 1. The summed E-state index contributed by atoms with van der Waals surface area (Å²) in [7, 11) is 0. The Balaban J connectivity index is 1.36. The monoisotopic (exact) mass is 386 g/mol. The summed E-state index contributed by atoms with van der Waals surface area (Å²) in [6, 6.07) is 13.7. The molecule has 7 nitrogen and oxygen atoms in total. The van der Waals surface area contributed by atoms with Crippen molar-refractivity contribution in [3.05, 3.63) is 78.1 Å². The van der Waals surface area contributed by atoms with Crippen molar-refractivity contribution in [2.24, 2.45) is 0 Å². The van der Waals surface area contributed by atoms with Crippen molar-refractivity contribution in [1.82, 2.24) is 19.9 Å². The average molecular weight is 386 g/mol. The number of anilines is 2. The first-order chi connectivity index (χ1) is 14.2. The molecule has 3 N–H and O–H groups in total. The van der Waals surface area contributed by atoms with Crippen molar-refractivity contribution in [3.8, 4) is 5.75 Å². The Bertz CT molecular complexity index is 1110. The van der Waals surface area contributed by atoms with Crippen LogP contribution in [0.4, 0.5) is 11.5 Å². The number of hydrogen-bond donors (Lipinski definition) is 2. The van der Waals surface area contributed by atoms with Crippen LogP contribution in [-0.2, 0) is 13.0 Å². The molecule has 4 rings (SSSR count). The molecule has 0 bridgehead atoms. The minimum Gasteiger partial charge on any atom is -0.487 e. The standard InChI is InChI=1S/C22H22N6O/c1-15-11-26-18(12-25-15)13-29-19-4-2-3-16(9-19)7-8-24-22-20-10-17(23)5-6-21(20)27-14-28-22/h2-6,9-12,14H,7-8,13,23H2,1H3,(H,24,27,28). The fourth-order valence-corrected chi connectivity index (χ4v) is 2.98. The minimum atomic E-state index is 0.392. The molecular weight excluding hydrogens is 364 g/mol. The molecule has 7 heteroatoms. The van der Waals surface area contributed by atoms with Gasteiger partial charge in [-0.05, 0) is 49.2 Å². The molecule has 4 aromatic rings. The van der Waals surface area contributed by atoms with Crippen LogP contribution < -0.4 is 15.8 Å². The van der Waals surface area contributed by atoms with Crippen molar-refractivity contribution < 1.29 is 4.74 Å². The molecule has 146 valence electrons. The number of rotatable bonds is 7. The molecule has 0 atom stereocenters. The Morgan fingerprint density at radius 3 is 2.79 bits per heavy atom. The van der Waals surface area contributed by atoms with E-state index in [1.807, 2.05) is 43.3 Å². The van der Waals surface area contributed by atoms with Gasteiger partial charge in [0.05, 0.1) is 23.1 Å². The van der Waals surface area contributed by atoms with E-state index in [1.54, 1.807) is 18.7 Å². The number of fused-ring (bicyclic) bond motifs is 1. The number of nitrogens with zero attached hydrogens (tertiary/aromatic N) is 4. The van der Waals surface area contributed by atoms with E-state index in [-0.39, 0.29) is 0 Å². The Kier molecular flexibility index (Phi) is 5.47. The smallest absolute Gasteiger partial charge is 0.137 e. The van der Waals surface area contributed by atoms with Gasteiger partial charge in [0.25, 0.3) is 0 Å². The second kappa shape index (κ2) is 8.52. The summed E-state index contributed by atoms with van der Waals surface area (Å²) in [5.41, 5.74) is 10.3. The van der Waals surface area contributed by atoms with Crippen LogP contribution in [0, 0.1) is 6.92 Å². The molecule has 0 saturated heterocycles. The third-order valence-electron chi connectivity index (χ3n) is 4.49. The summed E-state index contributed by atoms with van der Waals surface area (Å²) in [5, 5.41) is 4.30. The Morgan fingerprint density at radius 2 is 1.93 bits per heavy atom. The molecule has 0 aliphatic carbocycles. The lowest BCUT2D eigenvalue weighted by Crippen LogP contribution is -2.07. The van der Waals surface area contributed by atoms with Gasteiger partial charge in [0.2, 0.25) is 0 Å². The van der Waals surface area contributed by atoms with E-state index in [0.29, 0.717) is 12.3 Å². The zero-order valence-corrected chi connectivity index (χ0v) is 16.2. The van der Waals surface area contributed by atoms with Gasteiger partial charge in [0.15, 0.2) is 0 Å². The maximum absolute atomic E-state index is 5.90. The number of ether oxygens (including phenoxy) is 1. The largest absolute Gasteiger partial charge is 0.487 e. The Labute approximate surface area is 169 Å². The molecule has 0 amide bonds. The third kappa shape index (κ3) is 4.76. The van der Waals surface area contributed by atoms with Gasteiger partial charge in [-0.15, -0.1) is 0 Å². The van der Waals surface area contributed by atoms with Crippen LogP contribution in [0.5, 0.6) is 5.75 Å². The molecule has 2 aromatic heterocycles. The lowest BCUT2D eigenvalue weighted by atomic mass is 10.1. The highest BCUT2D eigenvalue weighted by Crippen LogP contribution is 2.22. The molecule has 0 aliphatic rings. The van der Waals surface area contributed by atoms with Gasteiger partial charge in [0.1, 0.15) is 24.5 Å². The predicted molar refractivity (Wildman–Crippen MR) is 114 cm³/mol. The van der Waals surface area contributed by atoms with Gasteiger partial charge < -0.3 is 15.8 Å². The summed E-state index contributed by atoms with van der Waals surface area (Å²) in [6.45, 7) is 3.03. The lowest BCUT2D eigenvalue weighted by Gasteiger charge is -2.10. The van der Waals surface area contributed by atoms with Gasteiger partial charge in [-0.25, -0.2) is 9.97 Å². The van der Waals surface area contributed by atoms with Crippen molar-refractivity contribution in [1.29, 1.82) is 0 Å². The number of hydrogen-bond acceptors (Lipinski definition) is 7. The van der Waals surface area contributed by atoms with Crippen molar-refractivity contribution in [3.63, 3.8) is 0 Å². The molecule has 0 aliphatic heterocycles. The van der Waals surface area contributed by atoms with Crippen LogP contribution in [0.2, 0.25) is 0 Å². The van der Waals surface area contributed by atoms with Crippen LogP contribution in [0.1, 0.15) is 17.0 Å². The van der Waals surface area contributed by atoms with Crippen LogP contribution in [0.25, 0.3) is 10.9 Å². The van der Waals surface area contributed by atoms with E-state index in [1.165, 1.54) is 5.56 Å². The highest BCUT2D eigenvalue weighted by atomic mass is 16.5. The topological polar surface area (TPSA) is 98.8 Å². The number of nitrogens with two attached hydrogens (primary N) is 1. The zero-order valence-electron chi connectivity index (χ0n) is 16.2. The molecule has 2 heterocycles. The normalized spacial score (nSPS) is 10.8. The summed E-state index contributed by atoms with van der Waals surface area (Å²) in [5.74, 6) is 1.60. The van der Waals surface area contributed by atoms with Gasteiger partial charge in [-0.3, -0.25) is 9.97 Å². The molecule has 2 aromatic carbocycles. The van der Waals surface area contributed by atoms with Gasteiger partial charge in [0, 0.05) is 23.8 Å². The predicted octanol–water partition coefficient (Wildman–Crippen LogP) is 3.54. The summed E-state index contributed by atoms with van der Waals surface area (Å²) >= 11 is 0. The highest BCUT2D eigenvalue weighted by Gasteiger charge is 2.05. The molecule has 0 fully saturated rings. The maximum atomic E-state index is 5.90. The molecule has 0 spiro atoms. The van der Waals surface area contributed by atoms with E-state index >= 15 is 0 Å². The van der Waals surface area contributed by atoms with E-state index in [2.05, 4.69) is 31.3 Å². The van der Waals surface area contributed by atoms with Crippen molar-refractivity contribution >= 4 is 22.4 Å². The molecular formula is C22H22N6O. The summed E-state index contributed by atoms with van der Waals surface area (Å²) < 4.78 is 5.85. The first kappa shape index (κ1) is 18.6. The zero-order chi connectivity index (χ0) is 20.1. The fourth-order valence-electron chi connectivity index (χ4n) is 2.98. The molecule has 0 saturated carbocycles. The van der Waals surface area contributed by atoms with Crippen LogP contribution in [0.15, 0.2) is 61.2 Å². The first-order valence-corrected chi connectivity index (χ1v) is 9.41. The Morgan fingerprint density at radius 1 is 1.00 bits per heavy atom. The van der Waals surface area contributed by atoms with E-state index in [0.717, 1.165) is 46.8 Å². The number of benzene rings is 2. The van der Waals surface area contributed by atoms with Gasteiger partial charge >= 0.3 is 0 Å². The number of aromatic nitrogens is 4. The van der Waals surface area contributed by atoms with Crippen LogP contribution in [0.3, 0.4) is 0 Å². The van der Waals surface area contributed by atoms with Gasteiger partial charge in [-0.1, -0.05) is 12.1 Å². The molecule has 29 heavy (non-hydrogen) atoms. The maximum Gasteiger partial charge on any atom is 0.137 e.